The molecular weight excluding hydrogens is 136 g/mol. The van der Waals surface area contributed by atoms with E-state index in [0.717, 1.165) is 0 Å². The maximum atomic E-state index is 10.6. The normalized spacial score (nSPS) is 9.33. The van der Waals surface area contributed by atoms with Crippen molar-refractivity contribution in [2.24, 2.45) is 0 Å². The average Bonchev–Trinajstić information content (AvgIpc) is 1.64. The molecule has 0 spiro atoms. The molecule has 0 aromatic rings. The van der Waals surface area contributed by atoms with Crippen LogP contribution in [0.25, 0.3) is 0 Å². The molecule has 0 aromatic carbocycles. The minimum Gasteiger partial charge on any atom is -0.288 e. The van der Waals surface area contributed by atoms with E-state index in [-0.39, 0.29) is 10.2 Å². The third-order valence-corrected chi connectivity index (χ3v) is 2.57. The zero-order chi connectivity index (χ0) is 7.44. The van der Waals surface area contributed by atoms with E-state index in [2.05, 4.69) is 0 Å². The van der Waals surface area contributed by atoms with Gasteiger partial charge in [-0.05, 0) is 12.3 Å². The van der Waals surface area contributed by atoms with Gasteiger partial charge in [0.1, 0.15) is 0 Å². The van der Waals surface area contributed by atoms with Crippen molar-refractivity contribution < 1.29 is 9.59 Å². The van der Waals surface area contributed by atoms with Gasteiger partial charge in [0.05, 0.1) is 0 Å². The molecule has 0 atom stereocenters. The second kappa shape index (κ2) is 3.56. The van der Waals surface area contributed by atoms with E-state index in [0.29, 0.717) is 0 Å². The summed E-state index contributed by atoms with van der Waals surface area (Å²) in [5, 5.41) is 1.54. The molecule has 0 fully saturated rings. The van der Waals surface area contributed by atoms with E-state index in [1.54, 1.807) is 12.3 Å². The van der Waals surface area contributed by atoms with Crippen molar-refractivity contribution in [2.45, 2.75) is 20.8 Å². The number of hydrogen-bond acceptors (Lipinski definition) is 2. The lowest BCUT2D eigenvalue weighted by Crippen LogP contribution is -1.95. The maximum Gasteiger partial charge on any atom is 0.187 e. The van der Waals surface area contributed by atoms with Crippen molar-refractivity contribution in [1.82, 2.24) is 0 Å². The molecule has 0 unspecified atom stereocenters. The summed E-state index contributed by atoms with van der Waals surface area (Å²) in [5.74, 6) is 0. The molecule has 0 amide bonds. The van der Waals surface area contributed by atoms with Crippen LogP contribution >= 0.6 is 10.5 Å². The van der Waals surface area contributed by atoms with Crippen LogP contribution in [0.2, 0.25) is 0 Å². The number of hydrogen-bond donors (Lipinski definition) is 0. The summed E-state index contributed by atoms with van der Waals surface area (Å²) in [6, 6.07) is 0. The van der Waals surface area contributed by atoms with Gasteiger partial charge in [-0.25, -0.2) is 0 Å². The standard InChI is InChI=1S/C6H10O2S/c1-4-9(5(2)7)6(3)8/h4H,1-3H3. The molecule has 0 N–H and O–H groups in total. The first-order chi connectivity index (χ1) is 4.09. The van der Waals surface area contributed by atoms with Crippen LogP contribution < -0.4 is 0 Å². The van der Waals surface area contributed by atoms with Crippen molar-refractivity contribution in [3.63, 3.8) is 0 Å². The van der Waals surface area contributed by atoms with Crippen LogP contribution in [-0.4, -0.2) is 15.6 Å². The molecule has 0 bridgehead atoms. The number of carbonyl (C=O) groups is 2. The van der Waals surface area contributed by atoms with E-state index in [4.69, 9.17) is 0 Å². The first-order valence-electron chi connectivity index (χ1n) is 2.63. The zero-order valence-electron chi connectivity index (χ0n) is 5.80. The van der Waals surface area contributed by atoms with Crippen LogP contribution in [0.4, 0.5) is 0 Å². The molecule has 9 heavy (non-hydrogen) atoms. The van der Waals surface area contributed by atoms with Gasteiger partial charge in [-0.1, -0.05) is 10.5 Å². The molecule has 0 radical (unpaired) electrons. The Hall–Kier alpha value is -0.440. The second-order valence-electron chi connectivity index (χ2n) is 1.56. The Balaban J connectivity index is 4.38. The first kappa shape index (κ1) is 8.56. The van der Waals surface area contributed by atoms with E-state index in [9.17, 15) is 9.59 Å². The summed E-state index contributed by atoms with van der Waals surface area (Å²) >= 11 is 0. The topological polar surface area (TPSA) is 34.1 Å². The predicted molar refractivity (Wildman–Crippen MR) is 40.7 cm³/mol. The van der Waals surface area contributed by atoms with Gasteiger partial charge in [-0.3, -0.25) is 9.59 Å². The SMILES string of the molecule is CC=S(C(C)=O)C(C)=O. The van der Waals surface area contributed by atoms with E-state index < -0.39 is 10.5 Å². The minimum absolute atomic E-state index is 0.0509. The highest BCUT2D eigenvalue weighted by molar-refractivity contribution is 8.38. The maximum absolute atomic E-state index is 10.6. The van der Waals surface area contributed by atoms with E-state index in [1.807, 2.05) is 0 Å². The summed E-state index contributed by atoms with van der Waals surface area (Å²) in [6.07, 6.45) is 0. The molecule has 3 heteroatoms. The molecule has 0 saturated carbocycles. The first-order valence-corrected chi connectivity index (χ1v) is 3.92. The van der Waals surface area contributed by atoms with Crippen molar-refractivity contribution >= 4 is 26.1 Å². The summed E-state index contributed by atoms with van der Waals surface area (Å²) in [5.41, 5.74) is 0. The molecule has 0 aliphatic carbocycles. The summed E-state index contributed by atoms with van der Waals surface area (Å²) in [6.45, 7) is 4.60. The molecule has 0 aromatic heterocycles. The number of rotatable bonds is 0. The molecule has 0 rings (SSSR count). The van der Waals surface area contributed by atoms with Crippen molar-refractivity contribution in [2.75, 3.05) is 0 Å². The van der Waals surface area contributed by atoms with E-state index >= 15 is 0 Å². The van der Waals surface area contributed by atoms with Crippen LogP contribution in [0.5, 0.6) is 0 Å². The Kier molecular flexibility index (Phi) is 3.39. The monoisotopic (exact) mass is 146 g/mol. The fraction of sp³-hybridized carbons (Fsp3) is 0.500. The molecule has 0 aliphatic rings. The molecule has 52 valence electrons. The van der Waals surface area contributed by atoms with Crippen LogP contribution in [0.3, 0.4) is 0 Å². The average molecular weight is 146 g/mol. The minimum atomic E-state index is -0.738. The van der Waals surface area contributed by atoms with Gasteiger partial charge in [-0.2, -0.15) is 0 Å². The quantitative estimate of drug-likeness (QED) is 0.481. The molecule has 0 aliphatic heterocycles. The van der Waals surface area contributed by atoms with Crippen LogP contribution in [-0.2, 0) is 9.59 Å². The Labute approximate surface area is 57.2 Å². The molecule has 0 saturated heterocycles. The lowest BCUT2D eigenvalue weighted by Gasteiger charge is -1.94. The highest BCUT2D eigenvalue weighted by Gasteiger charge is 2.03. The van der Waals surface area contributed by atoms with Crippen molar-refractivity contribution in [1.29, 1.82) is 0 Å². The predicted octanol–water partition coefficient (Wildman–Crippen LogP) is 1.17. The molecule has 2 nitrogen and oxygen atoms in total. The summed E-state index contributed by atoms with van der Waals surface area (Å²) in [7, 11) is -0.738. The highest BCUT2D eigenvalue weighted by atomic mass is 32.2. The Morgan fingerprint density at radius 2 is 1.56 bits per heavy atom. The Morgan fingerprint density at radius 1 is 1.22 bits per heavy atom. The molecular formula is C6H10O2S. The second-order valence-corrected chi connectivity index (χ2v) is 3.85. The van der Waals surface area contributed by atoms with Gasteiger partial charge in [0.2, 0.25) is 0 Å². The van der Waals surface area contributed by atoms with Crippen molar-refractivity contribution in [3.8, 4) is 0 Å². The Morgan fingerprint density at radius 3 is 1.56 bits per heavy atom. The lowest BCUT2D eigenvalue weighted by molar-refractivity contribution is -0.111. The van der Waals surface area contributed by atoms with Crippen molar-refractivity contribution in [3.05, 3.63) is 0 Å². The van der Waals surface area contributed by atoms with Gasteiger partial charge in [0, 0.05) is 13.8 Å². The van der Waals surface area contributed by atoms with Crippen LogP contribution in [0.15, 0.2) is 0 Å². The lowest BCUT2D eigenvalue weighted by atomic mass is 10.9. The van der Waals surface area contributed by atoms with Gasteiger partial charge in [-0.15, -0.1) is 0 Å². The van der Waals surface area contributed by atoms with Gasteiger partial charge < -0.3 is 0 Å². The largest absolute Gasteiger partial charge is 0.288 e. The van der Waals surface area contributed by atoms with Gasteiger partial charge in [0.25, 0.3) is 0 Å². The highest BCUT2D eigenvalue weighted by Crippen LogP contribution is 2.12. The van der Waals surface area contributed by atoms with E-state index in [1.165, 1.54) is 13.8 Å². The smallest absolute Gasteiger partial charge is 0.187 e. The van der Waals surface area contributed by atoms with Gasteiger partial charge >= 0.3 is 0 Å². The third kappa shape index (κ3) is 2.56. The fourth-order valence-corrected chi connectivity index (χ4v) is 1.60. The summed E-state index contributed by atoms with van der Waals surface area (Å²) in [4.78, 5) is 21.2. The number of carbonyl (C=O) groups excluding carboxylic acids is 2. The summed E-state index contributed by atoms with van der Waals surface area (Å²) < 4.78 is 0. The Bertz CT molecular complexity index is 154. The molecule has 0 heterocycles. The zero-order valence-corrected chi connectivity index (χ0v) is 6.62. The van der Waals surface area contributed by atoms with Crippen LogP contribution in [0.1, 0.15) is 20.8 Å². The fourth-order valence-electron chi connectivity index (χ4n) is 0.534. The van der Waals surface area contributed by atoms with Crippen LogP contribution in [0, 0.1) is 0 Å². The third-order valence-electron chi connectivity index (χ3n) is 0.855. The van der Waals surface area contributed by atoms with Gasteiger partial charge in [0.15, 0.2) is 10.2 Å².